The van der Waals surface area contributed by atoms with E-state index in [0.717, 1.165) is 24.3 Å². The number of likely N-dealkylation sites (tertiary alicyclic amines) is 1. The van der Waals surface area contributed by atoms with E-state index in [-0.39, 0.29) is 23.3 Å². The Kier molecular flexibility index (Phi) is 3.60. The molecular formula is C17H20N2O3. The second kappa shape index (κ2) is 5.32. The largest absolute Gasteiger partial charge is 0.466 e. The van der Waals surface area contributed by atoms with Crippen LogP contribution in [0.5, 0.6) is 0 Å². The van der Waals surface area contributed by atoms with Crippen molar-refractivity contribution < 1.29 is 14.3 Å². The van der Waals surface area contributed by atoms with Crippen molar-refractivity contribution in [1.82, 2.24) is 4.90 Å². The zero-order valence-corrected chi connectivity index (χ0v) is 13.1. The molecule has 22 heavy (non-hydrogen) atoms. The number of hydrogen-bond acceptors (Lipinski definition) is 5. The lowest BCUT2D eigenvalue weighted by Gasteiger charge is -2.30. The molecule has 0 bridgehead atoms. The first-order chi connectivity index (χ1) is 10.5. The van der Waals surface area contributed by atoms with Crippen LogP contribution in [0.15, 0.2) is 40.4 Å². The second-order valence-corrected chi connectivity index (χ2v) is 6.15. The second-order valence-electron chi connectivity index (χ2n) is 6.15. The number of nitrogens with zero attached hydrogens (tertiary/aromatic N) is 2. The molecule has 5 heteroatoms. The maximum Gasteiger partial charge on any atom is 0.333 e. The Morgan fingerprint density at radius 2 is 2.32 bits per heavy atom. The van der Waals surface area contributed by atoms with Gasteiger partial charge < -0.3 is 4.74 Å². The van der Waals surface area contributed by atoms with Crippen LogP contribution in [0.1, 0.15) is 19.8 Å². The van der Waals surface area contributed by atoms with Gasteiger partial charge in [-0.05, 0) is 50.6 Å². The first-order valence-electron chi connectivity index (χ1n) is 7.45. The summed E-state index contributed by atoms with van der Waals surface area (Å²) in [6.45, 7) is 2.69. The lowest BCUT2D eigenvalue weighted by Crippen LogP contribution is -2.34. The number of carbonyl (C=O) groups excluding carboxylic acids is 2. The standard InChI is InChI=1S/C17H20N2O3/c1-11(15(21)22-3)6-7-17-8-9-19(2)16(17)18-14-5-4-12(20)10-13(14)17/h4-6,10,16H,7-9H2,1-3H3/b11-6+/t16-,17-/m0/s1. The predicted octanol–water partition coefficient (Wildman–Crippen LogP) is 1.66. The van der Waals surface area contributed by atoms with Crippen LogP contribution in [-0.2, 0) is 14.3 Å². The Morgan fingerprint density at radius 3 is 3.05 bits per heavy atom. The van der Waals surface area contributed by atoms with Crippen molar-refractivity contribution in [2.75, 3.05) is 20.7 Å². The number of fused-ring (bicyclic) bond motifs is 3. The van der Waals surface area contributed by atoms with Crippen molar-refractivity contribution in [2.24, 2.45) is 10.4 Å². The quantitative estimate of drug-likeness (QED) is 0.452. The molecule has 2 atom stereocenters. The fraction of sp³-hybridized carbons (Fsp3) is 0.471. The number of aliphatic imine (C=N–C) groups is 1. The monoisotopic (exact) mass is 300 g/mol. The molecule has 0 spiro atoms. The van der Waals surface area contributed by atoms with Crippen molar-refractivity contribution in [3.63, 3.8) is 0 Å². The van der Waals surface area contributed by atoms with E-state index in [2.05, 4.69) is 11.9 Å². The van der Waals surface area contributed by atoms with Crippen LogP contribution < -0.4 is 0 Å². The normalized spacial score (nSPS) is 30.8. The molecule has 3 aliphatic rings. The van der Waals surface area contributed by atoms with Gasteiger partial charge in [-0.2, -0.15) is 0 Å². The zero-order valence-electron chi connectivity index (χ0n) is 13.1. The van der Waals surface area contributed by atoms with E-state index < -0.39 is 0 Å². The van der Waals surface area contributed by atoms with Crippen LogP contribution in [-0.4, -0.2) is 49.2 Å². The van der Waals surface area contributed by atoms with Crippen LogP contribution in [0.2, 0.25) is 0 Å². The average molecular weight is 300 g/mol. The highest BCUT2D eigenvalue weighted by Crippen LogP contribution is 2.51. The summed E-state index contributed by atoms with van der Waals surface area (Å²) >= 11 is 0. The first-order valence-corrected chi connectivity index (χ1v) is 7.45. The molecule has 116 valence electrons. The molecule has 1 saturated heterocycles. The number of hydrogen-bond donors (Lipinski definition) is 0. The van der Waals surface area contributed by atoms with Gasteiger partial charge in [-0.15, -0.1) is 0 Å². The van der Waals surface area contributed by atoms with Crippen molar-refractivity contribution >= 4 is 17.5 Å². The molecule has 0 amide bonds. The van der Waals surface area contributed by atoms with Gasteiger partial charge >= 0.3 is 5.97 Å². The Morgan fingerprint density at radius 1 is 1.55 bits per heavy atom. The Hall–Kier alpha value is -2.01. The maximum absolute atomic E-state index is 11.8. The third-order valence-electron chi connectivity index (χ3n) is 4.87. The molecule has 5 nitrogen and oxygen atoms in total. The highest BCUT2D eigenvalue weighted by atomic mass is 16.5. The number of esters is 1. The number of ketones is 1. The van der Waals surface area contributed by atoms with Crippen molar-refractivity contribution in [3.05, 3.63) is 35.5 Å². The molecule has 3 rings (SSSR count). The molecule has 1 fully saturated rings. The molecule has 2 heterocycles. The highest BCUT2D eigenvalue weighted by molar-refractivity contribution is 6.21. The topological polar surface area (TPSA) is 59.0 Å². The number of methoxy groups -OCH3 is 1. The third-order valence-corrected chi connectivity index (χ3v) is 4.87. The van der Waals surface area contributed by atoms with Gasteiger partial charge in [-0.25, -0.2) is 4.79 Å². The molecule has 0 radical (unpaired) electrons. The summed E-state index contributed by atoms with van der Waals surface area (Å²) in [5, 5.41) is 0. The SMILES string of the molecule is COC(=O)/C(C)=C/C[C@@]12CCN(C)[C@@H]1N=C1C=CC(=O)C=C12. The Labute approximate surface area is 130 Å². The van der Waals surface area contributed by atoms with E-state index in [1.165, 1.54) is 7.11 Å². The maximum atomic E-state index is 11.8. The average Bonchev–Trinajstić information content (AvgIpc) is 3.00. The van der Waals surface area contributed by atoms with Crippen LogP contribution in [0, 0.1) is 5.41 Å². The number of allylic oxidation sites excluding steroid dienone is 4. The van der Waals surface area contributed by atoms with Crippen LogP contribution in [0.4, 0.5) is 0 Å². The van der Waals surface area contributed by atoms with Gasteiger partial charge in [-0.1, -0.05) is 6.08 Å². The minimum Gasteiger partial charge on any atom is -0.466 e. The van der Waals surface area contributed by atoms with E-state index in [1.54, 1.807) is 19.1 Å². The molecular weight excluding hydrogens is 280 g/mol. The summed E-state index contributed by atoms with van der Waals surface area (Å²) in [6, 6.07) is 0. The van der Waals surface area contributed by atoms with Gasteiger partial charge in [0.25, 0.3) is 0 Å². The molecule has 0 N–H and O–H groups in total. The molecule has 0 aromatic carbocycles. The molecule has 0 aromatic rings. The van der Waals surface area contributed by atoms with E-state index in [9.17, 15) is 9.59 Å². The van der Waals surface area contributed by atoms with E-state index in [1.807, 2.05) is 12.2 Å². The lowest BCUT2D eigenvalue weighted by atomic mass is 9.73. The van der Waals surface area contributed by atoms with Gasteiger partial charge in [-0.3, -0.25) is 14.7 Å². The fourth-order valence-electron chi connectivity index (χ4n) is 3.60. The van der Waals surface area contributed by atoms with Gasteiger partial charge in [0.1, 0.15) is 6.17 Å². The summed E-state index contributed by atoms with van der Waals surface area (Å²) < 4.78 is 4.75. The van der Waals surface area contributed by atoms with Crippen LogP contribution >= 0.6 is 0 Å². The summed E-state index contributed by atoms with van der Waals surface area (Å²) in [7, 11) is 3.44. The van der Waals surface area contributed by atoms with E-state index in [4.69, 9.17) is 9.73 Å². The smallest absolute Gasteiger partial charge is 0.333 e. The first kappa shape index (κ1) is 14.9. The Balaban J connectivity index is 1.96. The van der Waals surface area contributed by atoms with Crippen molar-refractivity contribution in [2.45, 2.75) is 25.9 Å². The number of rotatable bonds is 3. The fourth-order valence-corrected chi connectivity index (χ4v) is 3.60. The van der Waals surface area contributed by atoms with Gasteiger partial charge in [0.05, 0.1) is 12.8 Å². The van der Waals surface area contributed by atoms with Gasteiger partial charge in [0.2, 0.25) is 0 Å². The molecule has 0 saturated carbocycles. The van der Waals surface area contributed by atoms with Crippen LogP contribution in [0.3, 0.4) is 0 Å². The van der Waals surface area contributed by atoms with Gasteiger partial charge in [0.15, 0.2) is 5.78 Å². The number of ether oxygens (including phenoxy) is 1. The molecule has 2 aliphatic heterocycles. The number of carbonyl (C=O) groups is 2. The summed E-state index contributed by atoms with van der Waals surface area (Å²) in [5.74, 6) is -0.302. The van der Waals surface area contributed by atoms with E-state index in [0.29, 0.717) is 12.0 Å². The summed E-state index contributed by atoms with van der Waals surface area (Å²) in [6.07, 6.45) is 8.64. The lowest BCUT2D eigenvalue weighted by molar-refractivity contribution is -0.136. The third kappa shape index (κ3) is 2.16. The predicted molar refractivity (Wildman–Crippen MR) is 83.5 cm³/mol. The summed E-state index contributed by atoms with van der Waals surface area (Å²) in [5.41, 5.74) is 2.31. The minimum atomic E-state index is -0.313. The molecule has 1 aliphatic carbocycles. The Bertz CT molecular complexity index is 657. The van der Waals surface area contributed by atoms with Crippen molar-refractivity contribution in [1.29, 1.82) is 0 Å². The van der Waals surface area contributed by atoms with Crippen molar-refractivity contribution in [3.8, 4) is 0 Å². The van der Waals surface area contributed by atoms with E-state index >= 15 is 0 Å². The summed E-state index contributed by atoms with van der Waals surface area (Å²) in [4.78, 5) is 30.4. The molecule has 0 unspecified atom stereocenters. The van der Waals surface area contributed by atoms with Gasteiger partial charge in [0, 0.05) is 17.5 Å². The highest BCUT2D eigenvalue weighted by Gasteiger charge is 2.53. The molecule has 0 aromatic heterocycles. The van der Waals surface area contributed by atoms with Crippen LogP contribution in [0.25, 0.3) is 0 Å². The minimum absolute atomic E-state index is 0.0113. The zero-order chi connectivity index (χ0) is 15.9.